The van der Waals surface area contributed by atoms with Crippen LogP contribution in [0.1, 0.15) is 37.8 Å². The summed E-state index contributed by atoms with van der Waals surface area (Å²) in [5.74, 6) is 0. The van der Waals surface area contributed by atoms with E-state index in [-0.39, 0.29) is 12.8 Å². The van der Waals surface area contributed by atoms with Crippen molar-refractivity contribution in [2.45, 2.75) is 56.4 Å². The maximum absolute atomic E-state index is 14.4. The van der Waals surface area contributed by atoms with Gasteiger partial charge in [-0.25, -0.2) is 0 Å². The molecule has 0 N–H and O–H groups in total. The van der Waals surface area contributed by atoms with Gasteiger partial charge in [-0.3, -0.25) is 0 Å². The summed E-state index contributed by atoms with van der Waals surface area (Å²) >= 11 is 0. The van der Waals surface area contributed by atoms with Crippen LogP contribution in [0.5, 0.6) is 0 Å². The Balaban J connectivity index is 2.22. The van der Waals surface area contributed by atoms with Crippen molar-refractivity contribution in [1.29, 1.82) is 0 Å². The Bertz CT molecular complexity index is 1110. The average molecular weight is 518 g/mol. The summed E-state index contributed by atoms with van der Waals surface area (Å²) in [6.45, 7) is 2.23. The minimum absolute atomic E-state index is 0.0276. The molecule has 0 aliphatic carbocycles. The number of alkyl halides is 9. The molecule has 1 atom stereocenters. The second-order valence-corrected chi connectivity index (χ2v) is 12.7. The summed E-state index contributed by atoms with van der Waals surface area (Å²) in [7, 11) is -5.67. The normalized spacial score (nSPS) is 26.0. The molecular weight excluding hydrogens is 498 g/mol. The van der Waals surface area contributed by atoms with Crippen molar-refractivity contribution in [2.24, 2.45) is 0 Å². The molecule has 12 heteroatoms. The quantitative estimate of drug-likeness (QED) is 0.323. The van der Waals surface area contributed by atoms with Crippen LogP contribution in [0.15, 0.2) is 48.5 Å². The molecule has 2 heterocycles. The molecule has 2 nitrogen and oxygen atoms in total. The van der Waals surface area contributed by atoms with Crippen molar-refractivity contribution in [3.05, 3.63) is 59.7 Å². The molecule has 2 aliphatic heterocycles. The van der Waals surface area contributed by atoms with E-state index in [2.05, 4.69) is 0 Å². The van der Waals surface area contributed by atoms with E-state index in [4.69, 9.17) is 9.05 Å². The van der Waals surface area contributed by atoms with Crippen LogP contribution in [0.25, 0.3) is 0 Å². The predicted octanol–water partition coefficient (Wildman–Crippen LogP) is 6.98. The Morgan fingerprint density at radius 2 is 1.18 bits per heavy atom. The van der Waals surface area contributed by atoms with E-state index in [1.165, 1.54) is 18.2 Å². The molecule has 4 rings (SSSR count). The van der Waals surface area contributed by atoms with Gasteiger partial charge in [-0.15, -0.1) is 0 Å². The topological polar surface area (TPSA) is 18.5 Å². The van der Waals surface area contributed by atoms with E-state index >= 15 is 0 Å². The van der Waals surface area contributed by atoms with Gasteiger partial charge in [-0.05, 0) is 0 Å². The van der Waals surface area contributed by atoms with E-state index in [9.17, 15) is 39.5 Å². The first-order valence-electron chi connectivity index (χ1n) is 10.3. The van der Waals surface area contributed by atoms with E-state index in [0.29, 0.717) is 13.0 Å². The zero-order chi connectivity index (χ0) is 25.4. The number of hydrogen-bond acceptors (Lipinski definition) is 2. The van der Waals surface area contributed by atoms with Crippen LogP contribution in [0, 0.1) is 0 Å². The first-order chi connectivity index (χ1) is 15.5. The Morgan fingerprint density at radius 1 is 0.706 bits per heavy atom. The van der Waals surface area contributed by atoms with Crippen LogP contribution in [-0.2, 0) is 20.2 Å². The first-order valence-corrected chi connectivity index (χ1v) is 12.6. The van der Waals surface area contributed by atoms with Crippen molar-refractivity contribution >= 4 is 17.7 Å². The van der Waals surface area contributed by atoms with Gasteiger partial charge in [-0.2, -0.15) is 0 Å². The number of benzene rings is 2. The fourth-order valence-electron chi connectivity index (χ4n) is 5.11. The van der Waals surface area contributed by atoms with Crippen LogP contribution in [0.2, 0.25) is 0 Å². The molecule has 34 heavy (non-hydrogen) atoms. The number of rotatable bonds is 3. The van der Waals surface area contributed by atoms with Gasteiger partial charge in [0.05, 0.1) is 0 Å². The predicted molar refractivity (Wildman–Crippen MR) is 108 cm³/mol. The van der Waals surface area contributed by atoms with Gasteiger partial charge in [0, 0.05) is 0 Å². The Kier molecular flexibility index (Phi) is 5.28. The molecule has 0 bridgehead atoms. The van der Waals surface area contributed by atoms with E-state index in [0.717, 1.165) is 24.3 Å². The standard InChI is InChI=1S/C22H20F9O2P/c1-3-4-13-34(16-11-7-5-9-14(16)18(2,32-34)20(23,24)25)17-12-8-6-10-15(17)19(33-34,21(26,27)28)22(29,30)31/h5-12H,3-4,13H2,1-2H3. The van der Waals surface area contributed by atoms with E-state index in [1.54, 1.807) is 6.92 Å². The molecule has 1 spiro atoms. The molecule has 0 saturated heterocycles. The van der Waals surface area contributed by atoms with Crippen molar-refractivity contribution in [2.75, 3.05) is 6.16 Å². The molecule has 2 aliphatic rings. The van der Waals surface area contributed by atoms with Gasteiger partial charge < -0.3 is 0 Å². The van der Waals surface area contributed by atoms with Gasteiger partial charge in [-0.1, -0.05) is 0 Å². The molecular formula is C22H20F9O2P. The summed E-state index contributed by atoms with van der Waals surface area (Å²) in [6, 6.07) is 8.34. The minimum atomic E-state index is -6.04. The summed E-state index contributed by atoms with van der Waals surface area (Å²) in [6.07, 6.45) is -17.6. The van der Waals surface area contributed by atoms with Gasteiger partial charge in [0.1, 0.15) is 0 Å². The van der Waals surface area contributed by atoms with Crippen LogP contribution < -0.4 is 10.6 Å². The molecule has 0 amide bonds. The Hall–Kier alpha value is -1.84. The zero-order valence-corrected chi connectivity index (χ0v) is 18.8. The zero-order valence-electron chi connectivity index (χ0n) is 17.9. The van der Waals surface area contributed by atoms with Gasteiger partial charge in [0.15, 0.2) is 0 Å². The summed E-state index contributed by atoms with van der Waals surface area (Å²) < 4.78 is 141. The molecule has 0 radical (unpaired) electrons. The SMILES string of the molecule is CCCCP12(OC(C)(C(F)(F)F)c3ccccc31)OC(C(F)(F)F)(C(F)(F)F)c1ccccc12. The first kappa shape index (κ1) is 25.3. The summed E-state index contributed by atoms with van der Waals surface area (Å²) in [4.78, 5) is 0. The number of unbranched alkanes of at least 4 members (excludes halogenated alkanes) is 1. The van der Waals surface area contributed by atoms with Gasteiger partial charge >= 0.3 is 188 Å². The third-order valence-corrected chi connectivity index (χ3v) is 11.9. The second kappa shape index (κ2) is 7.11. The fraction of sp³-hybridized carbons (Fsp3) is 0.455. The van der Waals surface area contributed by atoms with E-state index < -0.39 is 64.7 Å². The summed E-state index contributed by atoms with van der Waals surface area (Å²) in [5.41, 5.74) is -9.88. The Labute approximate surface area is 189 Å². The summed E-state index contributed by atoms with van der Waals surface area (Å²) in [5, 5.41) is -1.01. The van der Waals surface area contributed by atoms with Crippen molar-refractivity contribution in [3.8, 4) is 0 Å². The van der Waals surface area contributed by atoms with Crippen LogP contribution in [0.3, 0.4) is 0 Å². The second-order valence-electron chi connectivity index (χ2n) is 8.63. The van der Waals surface area contributed by atoms with Gasteiger partial charge in [0.2, 0.25) is 0 Å². The number of fused-ring (bicyclic) bond motifs is 4. The monoisotopic (exact) mass is 518 g/mol. The van der Waals surface area contributed by atoms with E-state index in [1.807, 2.05) is 0 Å². The number of hydrogen-bond donors (Lipinski definition) is 0. The maximum atomic E-state index is 14.4. The van der Waals surface area contributed by atoms with Crippen molar-refractivity contribution < 1.29 is 48.6 Å². The molecule has 188 valence electrons. The third kappa shape index (κ3) is 2.83. The molecule has 0 aromatic heterocycles. The van der Waals surface area contributed by atoms with Crippen LogP contribution in [-0.4, -0.2) is 24.7 Å². The van der Waals surface area contributed by atoms with Crippen molar-refractivity contribution in [1.82, 2.24) is 0 Å². The van der Waals surface area contributed by atoms with Crippen LogP contribution >= 0.6 is 7.06 Å². The molecule has 2 aromatic carbocycles. The third-order valence-electron chi connectivity index (χ3n) is 6.64. The molecule has 1 unspecified atom stereocenters. The van der Waals surface area contributed by atoms with Gasteiger partial charge in [0.25, 0.3) is 0 Å². The fourth-order valence-corrected chi connectivity index (χ4v) is 11.5. The van der Waals surface area contributed by atoms with Crippen molar-refractivity contribution in [3.63, 3.8) is 0 Å². The molecule has 0 saturated carbocycles. The number of halogens is 9. The average Bonchev–Trinajstić information content (AvgIpc) is 3.14. The van der Waals surface area contributed by atoms with Crippen LogP contribution in [0.4, 0.5) is 39.5 Å². The Morgan fingerprint density at radius 3 is 1.65 bits per heavy atom. The molecule has 2 aromatic rings. The molecule has 0 fully saturated rings.